The molecule has 7 heteroatoms. The molecule has 0 spiro atoms. The van der Waals surface area contributed by atoms with E-state index in [9.17, 15) is 18.0 Å². The van der Waals surface area contributed by atoms with Crippen molar-refractivity contribution in [1.82, 2.24) is 4.31 Å². The fourth-order valence-corrected chi connectivity index (χ4v) is 3.51. The number of hydrogen-bond donors (Lipinski definition) is 0. The van der Waals surface area contributed by atoms with E-state index in [0.717, 1.165) is 15.4 Å². The lowest BCUT2D eigenvalue weighted by molar-refractivity contribution is -0.146. The first-order valence-electron chi connectivity index (χ1n) is 8.44. The van der Waals surface area contributed by atoms with Crippen LogP contribution in [0.15, 0.2) is 53.4 Å². The number of esters is 1. The highest BCUT2D eigenvalue weighted by Crippen LogP contribution is 2.15. The van der Waals surface area contributed by atoms with Gasteiger partial charge in [-0.15, -0.1) is 0 Å². The van der Waals surface area contributed by atoms with Crippen molar-refractivity contribution in [2.45, 2.75) is 31.8 Å². The molecule has 0 amide bonds. The smallest absolute Gasteiger partial charge is 0.322 e. The van der Waals surface area contributed by atoms with Gasteiger partial charge < -0.3 is 4.74 Å². The summed E-state index contributed by atoms with van der Waals surface area (Å²) in [5.41, 5.74) is 2.38. The number of carbonyl (C=O) groups excluding carboxylic acids is 2. The lowest BCUT2D eigenvalue weighted by Crippen LogP contribution is -2.35. The second-order valence-electron chi connectivity index (χ2n) is 6.44. The molecule has 0 saturated heterocycles. The summed E-state index contributed by atoms with van der Waals surface area (Å²) in [6.07, 6.45) is -1.00. The number of likely N-dealkylation sites (N-methyl/N-ethyl adjacent to an activating group) is 1. The Labute approximate surface area is 159 Å². The van der Waals surface area contributed by atoms with Crippen molar-refractivity contribution in [1.29, 1.82) is 0 Å². The van der Waals surface area contributed by atoms with Gasteiger partial charge in [0.15, 0.2) is 6.10 Å². The van der Waals surface area contributed by atoms with E-state index in [1.807, 2.05) is 13.8 Å². The second-order valence-corrected chi connectivity index (χ2v) is 8.48. The van der Waals surface area contributed by atoms with Crippen molar-refractivity contribution < 1.29 is 22.7 Å². The van der Waals surface area contributed by atoms with Crippen molar-refractivity contribution in [2.24, 2.45) is 0 Å². The number of Topliss-reactive ketones (excluding diaryl/α,β-unsaturated/α-hetero) is 1. The average Bonchev–Trinajstić information content (AvgIpc) is 2.61. The van der Waals surface area contributed by atoms with Gasteiger partial charge in [-0.05, 0) is 32.9 Å². The SMILES string of the molecule is Cc1ccc(C(=O)[C@H](C)OC(=O)CN(C)S(=O)(=O)c2ccc(C)cc2)cc1. The molecule has 2 aromatic rings. The van der Waals surface area contributed by atoms with Gasteiger partial charge in [-0.2, -0.15) is 4.31 Å². The number of nitrogens with zero attached hydrogens (tertiary/aromatic N) is 1. The van der Waals surface area contributed by atoms with Crippen LogP contribution in [0.4, 0.5) is 0 Å². The van der Waals surface area contributed by atoms with Crippen LogP contribution in [0.5, 0.6) is 0 Å². The summed E-state index contributed by atoms with van der Waals surface area (Å²) >= 11 is 0. The van der Waals surface area contributed by atoms with Crippen LogP contribution in [0.2, 0.25) is 0 Å². The van der Waals surface area contributed by atoms with Crippen molar-refractivity contribution in [3.05, 3.63) is 65.2 Å². The molecule has 0 fully saturated rings. The molecule has 0 aliphatic rings. The summed E-state index contributed by atoms with van der Waals surface area (Å²) in [6, 6.07) is 13.2. The minimum absolute atomic E-state index is 0.0900. The maximum Gasteiger partial charge on any atom is 0.322 e. The van der Waals surface area contributed by atoms with Gasteiger partial charge in [-0.1, -0.05) is 47.5 Å². The molecule has 144 valence electrons. The Hall–Kier alpha value is -2.51. The molecule has 0 aliphatic carbocycles. The zero-order chi connectivity index (χ0) is 20.2. The van der Waals surface area contributed by atoms with Crippen LogP contribution in [0, 0.1) is 13.8 Å². The number of ether oxygens (including phenoxy) is 1. The first-order valence-corrected chi connectivity index (χ1v) is 9.88. The monoisotopic (exact) mass is 389 g/mol. The minimum Gasteiger partial charge on any atom is -0.453 e. The molecule has 0 heterocycles. The van der Waals surface area contributed by atoms with Crippen molar-refractivity contribution >= 4 is 21.8 Å². The minimum atomic E-state index is -3.82. The molecule has 0 bridgehead atoms. The first-order chi connectivity index (χ1) is 12.6. The Balaban J connectivity index is 2.00. The van der Waals surface area contributed by atoms with E-state index in [1.165, 1.54) is 26.1 Å². The van der Waals surface area contributed by atoms with Crippen LogP contribution >= 0.6 is 0 Å². The van der Waals surface area contributed by atoms with E-state index >= 15 is 0 Å². The summed E-state index contributed by atoms with van der Waals surface area (Å²) in [5, 5.41) is 0. The number of carbonyl (C=O) groups is 2. The van der Waals surface area contributed by atoms with Crippen LogP contribution in [-0.4, -0.2) is 44.2 Å². The summed E-state index contributed by atoms with van der Waals surface area (Å²) in [4.78, 5) is 24.5. The van der Waals surface area contributed by atoms with E-state index in [0.29, 0.717) is 5.56 Å². The quantitative estimate of drug-likeness (QED) is 0.537. The average molecular weight is 389 g/mol. The molecule has 6 nitrogen and oxygen atoms in total. The Bertz CT molecular complexity index is 918. The van der Waals surface area contributed by atoms with E-state index in [-0.39, 0.29) is 10.7 Å². The summed E-state index contributed by atoms with van der Waals surface area (Å²) in [5.74, 6) is -1.13. The molecule has 2 aromatic carbocycles. The van der Waals surface area contributed by atoms with Gasteiger partial charge in [-0.3, -0.25) is 9.59 Å². The largest absolute Gasteiger partial charge is 0.453 e. The number of benzene rings is 2. The number of rotatable bonds is 7. The fourth-order valence-electron chi connectivity index (χ4n) is 2.40. The highest BCUT2D eigenvalue weighted by atomic mass is 32.2. The third-order valence-electron chi connectivity index (χ3n) is 4.09. The van der Waals surface area contributed by atoms with Crippen molar-refractivity contribution in [3.63, 3.8) is 0 Å². The molecule has 1 atom stereocenters. The van der Waals surface area contributed by atoms with Gasteiger partial charge in [0.25, 0.3) is 0 Å². The van der Waals surface area contributed by atoms with Gasteiger partial charge in [0.05, 0.1) is 4.90 Å². The molecule has 2 rings (SSSR count). The molecule has 0 radical (unpaired) electrons. The molecular formula is C20H23NO5S. The van der Waals surface area contributed by atoms with Gasteiger partial charge >= 0.3 is 5.97 Å². The van der Waals surface area contributed by atoms with Crippen LogP contribution in [0.25, 0.3) is 0 Å². The molecule has 0 unspecified atom stereocenters. The van der Waals surface area contributed by atoms with Gasteiger partial charge in [-0.25, -0.2) is 8.42 Å². The first kappa shape index (κ1) is 20.8. The predicted molar refractivity (Wildman–Crippen MR) is 102 cm³/mol. The van der Waals surface area contributed by atoms with E-state index < -0.39 is 28.6 Å². The van der Waals surface area contributed by atoms with E-state index in [1.54, 1.807) is 36.4 Å². The Morgan fingerprint density at radius 1 is 0.963 bits per heavy atom. The zero-order valence-electron chi connectivity index (χ0n) is 15.8. The van der Waals surface area contributed by atoms with Crippen molar-refractivity contribution in [2.75, 3.05) is 13.6 Å². The Morgan fingerprint density at radius 3 is 1.96 bits per heavy atom. The van der Waals surface area contributed by atoms with Gasteiger partial charge in [0.1, 0.15) is 6.54 Å². The number of aryl methyl sites for hydroxylation is 2. The molecular weight excluding hydrogens is 366 g/mol. The fraction of sp³-hybridized carbons (Fsp3) is 0.300. The van der Waals surface area contributed by atoms with E-state index in [2.05, 4.69) is 0 Å². The molecule has 0 saturated carbocycles. The summed E-state index contributed by atoms with van der Waals surface area (Å²) in [6.45, 7) is 4.74. The number of sulfonamides is 1. The van der Waals surface area contributed by atoms with Crippen LogP contribution in [-0.2, 0) is 19.6 Å². The highest BCUT2D eigenvalue weighted by molar-refractivity contribution is 7.89. The Kier molecular flexibility index (Phi) is 6.51. The predicted octanol–water partition coefficient (Wildman–Crippen LogP) is 2.74. The normalized spacial score (nSPS) is 12.6. The summed E-state index contributed by atoms with van der Waals surface area (Å²) in [7, 11) is -2.52. The topological polar surface area (TPSA) is 80.8 Å². The van der Waals surface area contributed by atoms with Gasteiger partial charge in [0.2, 0.25) is 15.8 Å². The van der Waals surface area contributed by atoms with Crippen LogP contribution in [0.3, 0.4) is 0 Å². The standard InChI is InChI=1S/C20H23NO5S/c1-14-5-9-17(10-6-14)20(23)16(3)26-19(22)13-21(4)27(24,25)18-11-7-15(2)8-12-18/h5-12,16H,13H2,1-4H3/t16-/m0/s1. The molecule has 0 aromatic heterocycles. The lowest BCUT2D eigenvalue weighted by atomic mass is 10.1. The van der Waals surface area contributed by atoms with Crippen LogP contribution in [0.1, 0.15) is 28.4 Å². The molecule has 27 heavy (non-hydrogen) atoms. The lowest BCUT2D eigenvalue weighted by Gasteiger charge is -2.18. The Morgan fingerprint density at radius 2 is 1.44 bits per heavy atom. The third kappa shape index (κ3) is 5.24. The van der Waals surface area contributed by atoms with Crippen LogP contribution < -0.4 is 0 Å². The van der Waals surface area contributed by atoms with Crippen molar-refractivity contribution in [3.8, 4) is 0 Å². The van der Waals surface area contributed by atoms with Gasteiger partial charge in [0, 0.05) is 12.6 Å². The molecule has 0 N–H and O–H groups in total. The summed E-state index contributed by atoms with van der Waals surface area (Å²) < 4.78 is 31.0. The molecule has 0 aliphatic heterocycles. The van der Waals surface area contributed by atoms with E-state index in [4.69, 9.17) is 4.74 Å². The highest BCUT2D eigenvalue weighted by Gasteiger charge is 2.26. The number of ketones is 1. The third-order valence-corrected chi connectivity index (χ3v) is 5.91. The maximum absolute atomic E-state index is 12.5. The zero-order valence-corrected chi connectivity index (χ0v) is 16.6. The second kappa shape index (κ2) is 8.45. The maximum atomic E-state index is 12.5. The number of hydrogen-bond acceptors (Lipinski definition) is 5.